The summed E-state index contributed by atoms with van der Waals surface area (Å²) in [7, 11) is 0. The van der Waals surface area contributed by atoms with Crippen LogP contribution in [0.3, 0.4) is 0 Å². The van der Waals surface area contributed by atoms with Crippen molar-refractivity contribution >= 4 is 11.8 Å². The Morgan fingerprint density at radius 3 is 2.79 bits per heavy atom. The Balaban J connectivity index is 1.67. The molecule has 0 fully saturated rings. The summed E-state index contributed by atoms with van der Waals surface area (Å²) in [6, 6.07) is 9.57. The number of hydrogen-bond donors (Lipinski definition) is 1. The minimum absolute atomic E-state index is 0.0196. The van der Waals surface area contributed by atoms with Crippen LogP contribution in [0.5, 0.6) is 0 Å². The molecule has 1 unspecified atom stereocenters. The van der Waals surface area contributed by atoms with Crippen molar-refractivity contribution < 1.29 is 14.0 Å². The lowest BCUT2D eigenvalue weighted by atomic mass is 10.1. The van der Waals surface area contributed by atoms with Crippen LogP contribution < -0.4 is 5.32 Å². The fourth-order valence-electron chi connectivity index (χ4n) is 2.90. The molecule has 1 aromatic heterocycles. The maximum Gasteiger partial charge on any atom is 0.226 e. The molecule has 0 saturated carbocycles. The van der Waals surface area contributed by atoms with Gasteiger partial charge >= 0.3 is 0 Å². The zero-order chi connectivity index (χ0) is 17.1. The minimum Gasteiger partial charge on any atom is -0.441 e. The van der Waals surface area contributed by atoms with Gasteiger partial charge in [0.2, 0.25) is 17.7 Å². The normalized spacial score (nSPS) is 14.8. The quantitative estimate of drug-likeness (QED) is 0.933. The first-order valence-electron chi connectivity index (χ1n) is 8.12. The van der Waals surface area contributed by atoms with Gasteiger partial charge in [-0.25, -0.2) is 4.98 Å². The molecular formula is C18H21N3O3. The van der Waals surface area contributed by atoms with Crippen LogP contribution in [0.25, 0.3) is 11.5 Å². The van der Waals surface area contributed by atoms with E-state index in [9.17, 15) is 9.59 Å². The molecule has 1 aliphatic heterocycles. The van der Waals surface area contributed by atoms with E-state index in [1.54, 1.807) is 4.90 Å². The Morgan fingerprint density at radius 1 is 1.33 bits per heavy atom. The monoisotopic (exact) mass is 327 g/mol. The molecule has 0 aliphatic carbocycles. The first kappa shape index (κ1) is 16.2. The molecule has 6 nitrogen and oxygen atoms in total. The van der Waals surface area contributed by atoms with Crippen LogP contribution in [0, 0.1) is 0 Å². The van der Waals surface area contributed by atoms with Gasteiger partial charge in [-0.1, -0.05) is 18.2 Å². The van der Waals surface area contributed by atoms with Crippen molar-refractivity contribution in [2.45, 2.75) is 39.3 Å². The van der Waals surface area contributed by atoms with E-state index in [2.05, 4.69) is 10.3 Å². The van der Waals surface area contributed by atoms with E-state index in [0.29, 0.717) is 25.4 Å². The van der Waals surface area contributed by atoms with Gasteiger partial charge in [0.25, 0.3) is 0 Å². The average Bonchev–Trinajstić information content (AvgIpc) is 2.97. The number of fused-ring (bicyclic) bond motifs is 1. The van der Waals surface area contributed by atoms with Gasteiger partial charge in [-0.15, -0.1) is 0 Å². The molecule has 0 saturated heterocycles. The highest BCUT2D eigenvalue weighted by molar-refractivity contribution is 5.79. The van der Waals surface area contributed by atoms with Crippen molar-refractivity contribution in [3.05, 3.63) is 41.8 Å². The zero-order valence-electron chi connectivity index (χ0n) is 13.9. The number of nitrogens with zero attached hydrogens (tertiary/aromatic N) is 2. The Bertz CT molecular complexity index is 739. The zero-order valence-corrected chi connectivity index (χ0v) is 13.9. The molecule has 2 aromatic rings. The van der Waals surface area contributed by atoms with Crippen LogP contribution in [0.2, 0.25) is 0 Å². The third-order valence-electron chi connectivity index (χ3n) is 4.03. The second-order valence-electron chi connectivity index (χ2n) is 6.13. The highest BCUT2D eigenvalue weighted by Crippen LogP contribution is 2.26. The number of benzene rings is 1. The van der Waals surface area contributed by atoms with Gasteiger partial charge in [0, 0.05) is 37.9 Å². The molecule has 2 amide bonds. The van der Waals surface area contributed by atoms with Crippen LogP contribution in [0.4, 0.5) is 0 Å². The Hall–Kier alpha value is -2.63. The lowest BCUT2D eigenvalue weighted by Gasteiger charge is -2.26. The second-order valence-corrected chi connectivity index (χ2v) is 6.13. The number of aromatic nitrogens is 1. The van der Waals surface area contributed by atoms with Crippen molar-refractivity contribution in [2.24, 2.45) is 0 Å². The van der Waals surface area contributed by atoms with E-state index in [-0.39, 0.29) is 24.3 Å². The molecule has 0 bridgehead atoms. The summed E-state index contributed by atoms with van der Waals surface area (Å²) < 4.78 is 5.85. The summed E-state index contributed by atoms with van der Waals surface area (Å²) in [6.45, 7) is 4.35. The standard InChI is InChI=1S/C18H21N3O3/c1-12(19-13(2)22)10-17(23)21-9-8-16-15(11-21)20-18(24-16)14-6-4-3-5-7-14/h3-7,12H,8-11H2,1-2H3,(H,19,22). The molecule has 1 atom stereocenters. The summed E-state index contributed by atoms with van der Waals surface area (Å²) in [4.78, 5) is 29.8. The molecule has 3 rings (SSSR count). The molecule has 2 heterocycles. The maximum atomic E-state index is 12.4. The summed E-state index contributed by atoms with van der Waals surface area (Å²) in [5, 5.41) is 2.74. The highest BCUT2D eigenvalue weighted by Gasteiger charge is 2.26. The molecule has 126 valence electrons. The number of oxazole rings is 1. The average molecular weight is 327 g/mol. The molecule has 1 aliphatic rings. The molecule has 0 radical (unpaired) electrons. The fraction of sp³-hybridized carbons (Fsp3) is 0.389. The number of carbonyl (C=O) groups excluding carboxylic acids is 2. The van der Waals surface area contributed by atoms with Gasteiger partial charge in [-0.05, 0) is 19.1 Å². The molecular weight excluding hydrogens is 306 g/mol. The Labute approximate surface area is 140 Å². The fourth-order valence-corrected chi connectivity index (χ4v) is 2.90. The third-order valence-corrected chi connectivity index (χ3v) is 4.03. The number of amides is 2. The summed E-state index contributed by atoms with van der Waals surface area (Å²) in [6.07, 6.45) is 0.952. The predicted octanol–water partition coefficient (Wildman–Crippen LogP) is 2.14. The van der Waals surface area contributed by atoms with Crippen molar-refractivity contribution in [1.82, 2.24) is 15.2 Å². The van der Waals surface area contributed by atoms with E-state index in [0.717, 1.165) is 17.0 Å². The van der Waals surface area contributed by atoms with E-state index in [1.165, 1.54) is 6.92 Å². The van der Waals surface area contributed by atoms with Gasteiger partial charge in [0.05, 0.1) is 6.54 Å². The SMILES string of the molecule is CC(=O)NC(C)CC(=O)N1CCc2oc(-c3ccccc3)nc2C1. The van der Waals surface area contributed by atoms with E-state index in [1.807, 2.05) is 37.3 Å². The summed E-state index contributed by atoms with van der Waals surface area (Å²) in [5.74, 6) is 1.35. The minimum atomic E-state index is -0.173. The molecule has 24 heavy (non-hydrogen) atoms. The molecule has 1 aromatic carbocycles. The first-order valence-corrected chi connectivity index (χ1v) is 8.12. The number of carbonyl (C=O) groups is 2. The van der Waals surface area contributed by atoms with Crippen molar-refractivity contribution in [2.75, 3.05) is 6.54 Å². The smallest absolute Gasteiger partial charge is 0.226 e. The lowest BCUT2D eigenvalue weighted by Crippen LogP contribution is -2.40. The molecule has 0 spiro atoms. The molecule has 1 N–H and O–H groups in total. The van der Waals surface area contributed by atoms with Gasteiger partial charge in [0.1, 0.15) is 11.5 Å². The number of rotatable bonds is 4. The van der Waals surface area contributed by atoms with Gasteiger partial charge in [0.15, 0.2) is 0 Å². The van der Waals surface area contributed by atoms with Crippen molar-refractivity contribution in [1.29, 1.82) is 0 Å². The van der Waals surface area contributed by atoms with Gasteiger partial charge in [-0.3, -0.25) is 9.59 Å². The summed E-state index contributed by atoms with van der Waals surface area (Å²) in [5.41, 5.74) is 1.75. The molecule has 6 heteroatoms. The maximum absolute atomic E-state index is 12.4. The van der Waals surface area contributed by atoms with Crippen LogP contribution in [-0.4, -0.2) is 34.3 Å². The predicted molar refractivity (Wildman–Crippen MR) is 89.0 cm³/mol. The van der Waals surface area contributed by atoms with Gasteiger partial charge in [-0.2, -0.15) is 0 Å². The van der Waals surface area contributed by atoms with Crippen LogP contribution in [0.15, 0.2) is 34.7 Å². The summed E-state index contributed by atoms with van der Waals surface area (Å²) >= 11 is 0. The Kier molecular flexibility index (Phi) is 4.64. The second kappa shape index (κ2) is 6.86. The highest BCUT2D eigenvalue weighted by atomic mass is 16.4. The largest absolute Gasteiger partial charge is 0.441 e. The van der Waals surface area contributed by atoms with Gasteiger partial charge < -0.3 is 14.6 Å². The third kappa shape index (κ3) is 3.64. The van der Waals surface area contributed by atoms with Crippen LogP contribution in [0.1, 0.15) is 31.7 Å². The number of nitrogens with one attached hydrogen (secondary N) is 1. The van der Waals surface area contributed by atoms with E-state index in [4.69, 9.17) is 4.42 Å². The van der Waals surface area contributed by atoms with E-state index < -0.39 is 0 Å². The first-order chi connectivity index (χ1) is 11.5. The van der Waals surface area contributed by atoms with Crippen molar-refractivity contribution in [3.8, 4) is 11.5 Å². The van der Waals surface area contributed by atoms with Crippen molar-refractivity contribution in [3.63, 3.8) is 0 Å². The van der Waals surface area contributed by atoms with Crippen LogP contribution >= 0.6 is 0 Å². The topological polar surface area (TPSA) is 75.4 Å². The lowest BCUT2D eigenvalue weighted by molar-refractivity contribution is -0.132. The Morgan fingerprint density at radius 2 is 2.08 bits per heavy atom. The van der Waals surface area contributed by atoms with Crippen LogP contribution in [-0.2, 0) is 22.6 Å². The number of hydrogen-bond acceptors (Lipinski definition) is 4. The van der Waals surface area contributed by atoms with E-state index >= 15 is 0 Å².